The summed E-state index contributed by atoms with van der Waals surface area (Å²) >= 11 is 0. The predicted molar refractivity (Wildman–Crippen MR) is 77.3 cm³/mol. The van der Waals surface area contributed by atoms with Crippen molar-refractivity contribution >= 4 is 6.09 Å². The Morgan fingerprint density at radius 1 is 1.24 bits per heavy atom. The van der Waals surface area contributed by atoms with Gasteiger partial charge in [-0.25, -0.2) is 4.79 Å². The Hall–Kier alpha value is -0.850. The van der Waals surface area contributed by atoms with Gasteiger partial charge in [-0.3, -0.25) is 0 Å². The van der Waals surface area contributed by atoms with Gasteiger partial charge < -0.3 is 23.8 Å². The molecule has 122 valence electrons. The van der Waals surface area contributed by atoms with Crippen LogP contribution < -0.4 is 0 Å². The number of hydrogen-bond donors (Lipinski definition) is 0. The third-order valence-electron chi connectivity index (χ3n) is 3.50. The molecule has 6 nitrogen and oxygen atoms in total. The molecule has 0 radical (unpaired) electrons. The minimum Gasteiger partial charge on any atom is -0.444 e. The van der Waals surface area contributed by atoms with Crippen molar-refractivity contribution in [3.05, 3.63) is 0 Å². The van der Waals surface area contributed by atoms with Crippen LogP contribution in [0.3, 0.4) is 0 Å². The smallest absolute Gasteiger partial charge is 0.410 e. The number of amides is 1. The Labute approximate surface area is 126 Å². The molecule has 1 unspecified atom stereocenters. The standard InChI is InChI=1S/C15H27NO5/c1-15(2,3)21-14(17)16-6-4-12(5-7-16)20-11-13-10-18-8-9-19-13/h12-13H,4-11H2,1-3H3. The van der Waals surface area contributed by atoms with E-state index in [0.717, 1.165) is 12.8 Å². The Morgan fingerprint density at radius 3 is 2.52 bits per heavy atom. The lowest BCUT2D eigenvalue weighted by molar-refractivity contribution is -0.129. The van der Waals surface area contributed by atoms with Gasteiger partial charge in [0.05, 0.1) is 32.5 Å². The van der Waals surface area contributed by atoms with Crippen LogP contribution in [0, 0.1) is 0 Å². The van der Waals surface area contributed by atoms with Gasteiger partial charge in [-0.1, -0.05) is 0 Å². The fourth-order valence-electron chi connectivity index (χ4n) is 2.41. The molecule has 0 aromatic heterocycles. The van der Waals surface area contributed by atoms with Gasteiger partial charge >= 0.3 is 6.09 Å². The predicted octanol–water partition coefficient (Wildman–Crippen LogP) is 1.82. The third kappa shape index (κ3) is 5.80. The van der Waals surface area contributed by atoms with E-state index in [0.29, 0.717) is 39.5 Å². The van der Waals surface area contributed by atoms with Crippen molar-refractivity contribution in [2.45, 2.75) is 51.4 Å². The molecule has 0 aromatic carbocycles. The quantitative estimate of drug-likeness (QED) is 0.796. The van der Waals surface area contributed by atoms with Crippen LogP contribution >= 0.6 is 0 Å². The van der Waals surface area contributed by atoms with Gasteiger partial charge in [-0.05, 0) is 33.6 Å². The van der Waals surface area contributed by atoms with E-state index >= 15 is 0 Å². The lowest BCUT2D eigenvalue weighted by Crippen LogP contribution is -2.44. The average molecular weight is 301 g/mol. The number of carbonyl (C=O) groups excluding carboxylic acids is 1. The number of carbonyl (C=O) groups is 1. The average Bonchev–Trinajstić information content (AvgIpc) is 2.45. The molecule has 21 heavy (non-hydrogen) atoms. The van der Waals surface area contributed by atoms with Crippen molar-refractivity contribution in [3.8, 4) is 0 Å². The highest BCUT2D eigenvalue weighted by Crippen LogP contribution is 2.18. The monoisotopic (exact) mass is 301 g/mol. The second-order valence-electron chi connectivity index (χ2n) is 6.57. The molecule has 2 aliphatic rings. The van der Waals surface area contributed by atoms with E-state index in [1.54, 1.807) is 4.90 Å². The number of nitrogens with zero attached hydrogens (tertiary/aromatic N) is 1. The van der Waals surface area contributed by atoms with E-state index in [2.05, 4.69) is 0 Å². The Balaban J connectivity index is 1.64. The second kappa shape index (κ2) is 7.42. The number of likely N-dealkylation sites (tertiary alicyclic amines) is 1. The zero-order chi connectivity index (χ0) is 15.3. The van der Waals surface area contributed by atoms with Crippen LogP contribution in [-0.2, 0) is 18.9 Å². The van der Waals surface area contributed by atoms with Crippen molar-refractivity contribution in [2.75, 3.05) is 39.5 Å². The molecule has 1 amide bonds. The lowest BCUT2D eigenvalue weighted by Gasteiger charge is -2.34. The van der Waals surface area contributed by atoms with E-state index < -0.39 is 5.60 Å². The lowest BCUT2D eigenvalue weighted by atomic mass is 10.1. The summed E-state index contributed by atoms with van der Waals surface area (Å²) in [4.78, 5) is 13.7. The molecule has 0 bridgehead atoms. The van der Waals surface area contributed by atoms with Crippen LogP contribution in [0.1, 0.15) is 33.6 Å². The van der Waals surface area contributed by atoms with Gasteiger partial charge in [0, 0.05) is 13.1 Å². The summed E-state index contributed by atoms with van der Waals surface area (Å²) in [6, 6.07) is 0. The summed E-state index contributed by atoms with van der Waals surface area (Å²) in [5.41, 5.74) is -0.442. The van der Waals surface area contributed by atoms with Crippen LogP contribution in [0.2, 0.25) is 0 Å². The number of piperidine rings is 1. The molecule has 0 aromatic rings. The molecule has 1 atom stereocenters. The normalized spacial score (nSPS) is 24.9. The minimum atomic E-state index is -0.442. The summed E-state index contributed by atoms with van der Waals surface area (Å²) < 4.78 is 22.1. The molecule has 2 heterocycles. The SMILES string of the molecule is CC(C)(C)OC(=O)N1CCC(OCC2COCCO2)CC1. The molecule has 2 fully saturated rings. The molecule has 0 saturated carbocycles. The molecule has 0 aliphatic carbocycles. The number of hydrogen-bond acceptors (Lipinski definition) is 5. The Bertz CT molecular complexity index is 327. The summed E-state index contributed by atoms with van der Waals surface area (Å²) in [5, 5.41) is 0. The van der Waals surface area contributed by atoms with Gasteiger partial charge in [0.15, 0.2) is 0 Å². The fourth-order valence-corrected chi connectivity index (χ4v) is 2.41. The van der Waals surface area contributed by atoms with Crippen LogP contribution in [0.5, 0.6) is 0 Å². The minimum absolute atomic E-state index is 0.0441. The van der Waals surface area contributed by atoms with E-state index in [1.165, 1.54) is 0 Å². The highest BCUT2D eigenvalue weighted by atomic mass is 16.6. The van der Waals surface area contributed by atoms with Gasteiger partial charge in [0.1, 0.15) is 11.7 Å². The van der Waals surface area contributed by atoms with Crippen molar-refractivity contribution in [2.24, 2.45) is 0 Å². The molecule has 2 rings (SSSR count). The molecular weight excluding hydrogens is 274 g/mol. The number of ether oxygens (including phenoxy) is 4. The van der Waals surface area contributed by atoms with E-state index in [9.17, 15) is 4.79 Å². The maximum absolute atomic E-state index is 12.0. The molecule has 2 saturated heterocycles. The summed E-state index contributed by atoms with van der Waals surface area (Å²) in [6.07, 6.45) is 1.68. The highest BCUT2D eigenvalue weighted by molar-refractivity contribution is 5.68. The molecule has 6 heteroatoms. The first-order valence-corrected chi connectivity index (χ1v) is 7.73. The maximum atomic E-state index is 12.0. The molecular formula is C15H27NO5. The Kier molecular flexibility index (Phi) is 5.84. The van der Waals surface area contributed by atoms with E-state index in [1.807, 2.05) is 20.8 Å². The first-order valence-electron chi connectivity index (χ1n) is 7.73. The summed E-state index contributed by atoms with van der Waals surface area (Å²) in [7, 11) is 0. The third-order valence-corrected chi connectivity index (χ3v) is 3.50. The van der Waals surface area contributed by atoms with Gasteiger partial charge in [0.2, 0.25) is 0 Å². The molecule has 0 spiro atoms. The first kappa shape index (κ1) is 16.5. The summed E-state index contributed by atoms with van der Waals surface area (Å²) in [5.74, 6) is 0. The summed E-state index contributed by atoms with van der Waals surface area (Å²) in [6.45, 7) is 9.50. The first-order chi connectivity index (χ1) is 9.94. The van der Waals surface area contributed by atoms with Crippen LogP contribution in [0.15, 0.2) is 0 Å². The van der Waals surface area contributed by atoms with E-state index in [4.69, 9.17) is 18.9 Å². The van der Waals surface area contributed by atoms with Crippen molar-refractivity contribution in [3.63, 3.8) is 0 Å². The zero-order valence-corrected chi connectivity index (χ0v) is 13.3. The molecule has 2 aliphatic heterocycles. The largest absolute Gasteiger partial charge is 0.444 e. The fraction of sp³-hybridized carbons (Fsp3) is 0.933. The van der Waals surface area contributed by atoms with Crippen molar-refractivity contribution < 1.29 is 23.7 Å². The van der Waals surface area contributed by atoms with Crippen molar-refractivity contribution in [1.82, 2.24) is 4.90 Å². The second-order valence-corrected chi connectivity index (χ2v) is 6.57. The van der Waals surface area contributed by atoms with E-state index in [-0.39, 0.29) is 18.3 Å². The van der Waals surface area contributed by atoms with Crippen LogP contribution in [0.4, 0.5) is 4.79 Å². The van der Waals surface area contributed by atoms with Gasteiger partial charge in [0.25, 0.3) is 0 Å². The Morgan fingerprint density at radius 2 is 1.95 bits per heavy atom. The number of rotatable bonds is 3. The zero-order valence-electron chi connectivity index (χ0n) is 13.3. The maximum Gasteiger partial charge on any atom is 0.410 e. The molecule has 0 N–H and O–H groups in total. The van der Waals surface area contributed by atoms with Gasteiger partial charge in [-0.2, -0.15) is 0 Å². The topological polar surface area (TPSA) is 57.2 Å². The van der Waals surface area contributed by atoms with Gasteiger partial charge in [-0.15, -0.1) is 0 Å². The van der Waals surface area contributed by atoms with Crippen molar-refractivity contribution in [1.29, 1.82) is 0 Å². The van der Waals surface area contributed by atoms with Crippen LogP contribution in [-0.4, -0.2) is 68.3 Å². The van der Waals surface area contributed by atoms with Crippen LogP contribution in [0.25, 0.3) is 0 Å². The highest BCUT2D eigenvalue weighted by Gasteiger charge is 2.27.